The molecule has 8 heteroatoms. The third-order valence-electron chi connectivity index (χ3n) is 7.68. The van der Waals surface area contributed by atoms with E-state index in [1.54, 1.807) is 29.7 Å². The van der Waals surface area contributed by atoms with Crippen molar-refractivity contribution in [3.63, 3.8) is 0 Å². The van der Waals surface area contributed by atoms with Gasteiger partial charge in [-0.25, -0.2) is 0 Å². The maximum Gasteiger partial charge on any atom is 0.311 e. The van der Waals surface area contributed by atoms with Crippen LogP contribution >= 0.6 is 11.8 Å². The summed E-state index contributed by atoms with van der Waals surface area (Å²) in [5, 5.41) is 9.80. The smallest absolute Gasteiger partial charge is 0.311 e. The molecule has 3 heterocycles. The average Bonchev–Trinajstić information content (AvgIpc) is 3.34. The number of thioether (sulfide) groups is 1. The molecule has 0 aliphatic carbocycles. The molecule has 4 rings (SSSR count). The zero-order valence-corrected chi connectivity index (χ0v) is 21.2. The lowest BCUT2D eigenvalue weighted by Gasteiger charge is -2.37. The molecule has 0 aromatic heterocycles. The van der Waals surface area contributed by atoms with Gasteiger partial charge in [0, 0.05) is 23.5 Å². The summed E-state index contributed by atoms with van der Waals surface area (Å²) in [6, 6.07) is 5.11. The highest BCUT2D eigenvalue weighted by Crippen LogP contribution is 2.71. The second kappa shape index (κ2) is 9.04. The number of hydrogen-bond donors (Lipinski definition) is 1. The molecule has 2 unspecified atom stereocenters. The summed E-state index contributed by atoms with van der Waals surface area (Å²) in [5.74, 6) is -2.04. The summed E-state index contributed by atoms with van der Waals surface area (Å²) in [7, 11) is 0. The maximum absolute atomic E-state index is 14.4. The Morgan fingerprint density at radius 2 is 2.00 bits per heavy atom. The molecule has 1 spiro atoms. The molecule has 3 aliphatic heterocycles. The number of amides is 2. The number of nitrogens with zero attached hydrogens (tertiary/aromatic N) is 2. The average molecular weight is 487 g/mol. The van der Waals surface area contributed by atoms with E-state index in [2.05, 4.69) is 6.58 Å². The van der Waals surface area contributed by atoms with Crippen LogP contribution in [0.15, 0.2) is 30.9 Å². The highest BCUT2D eigenvalue weighted by molar-refractivity contribution is 8.02. The number of ether oxygens (including phenoxy) is 1. The summed E-state index contributed by atoms with van der Waals surface area (Å²) >= 11 is 1.60. The molecule has 1 aromatic rings. The van der Waals surface area contributed by atoms with Crippen LogP contribution in [0.5, 0.6) is 0 Å². The number of benzene rings is 1. The van der Waals surface area contributed by atoms with Crippen molar-refractivity contribution in [1.29, 1.82) is 0 Å². The van der Waals surface area contributed by atoms with Crippen molar-refractivity contribution in [2.45, 2.75) is 56.1 Å². The van der Waals surface area contributed by atoms with Crippen LogP contribution < -0.4 is 4.90 Å². The minimum absolute atomic E-state index is 0.0506. The minimum Gasteiger partial charge on any atom is -0.466 e. The molecule has 1 aromatic carbocycles. The first-order valence-corrected chi connectivity index (χ1v) is 12.7. The van der Waals surface area contributed by atoms with E-state index in [1.807, 2.05) is 39.0 Å². The van der Waals surface area contributed by atoms with Crippen LogP contribution in [-0.4, -0.2) is 69.6 Å². The maximum atomic E-state index is 14.4. The Morgan fingerprint density at radius 3 is 2.59 bits per heavy atom. The van der Waals surface area contributed by atoms with Crippen molar-refractivity contribution in [3.8, 4) is 0 Å². The lowest BCUT2D eigenvalue weighted by atomic mass is 9.66. The number of likely N-dealkylation sites (tertiary alicyclic amines) is 1. The van der Waals surface area contributed by atoms with Crippen LogP contribution in [0.25, 0.3) is 0 Å². The number of anilines is 1. The van der Waals surface area contributed by atoms with Crippen molar-refractivity contribution in [2.75, 3.05) is 31.2 Å². The standard InChI is InChI=1S/C26H34N2O5S/c1-6-13-27(20-16(3)9-8-10-17(20)4)23(31)21-26-12-11-25(5,34-26)19(24(32)33-7-2)18(26)22(30)28(21)14-15-29/h6,8-10,18-19,21,29H,1,7,11-15H2,2-5H3/t18-,19+,21?,25-,26?/m0/s1. The normalized spacial score (nSPS) is 31.5. The number of β-amino-alcohol motifs (C(OH)–C–C–N with tert-alkyl or cyclic N) is 1. The number of aliphatic hydroxyl groups is 1. The van der Waals surface area contributed by atoms with Crippen molar-refractivity contribution in [2.24, 2.45) is 11.8 Å². The topological polar surface area (TPSA) is 87.2 Å². The van der Waals surface area contributed by atoms with Gasteiger partial charge >= 0.3 is 5.97 Å². The molecule has 3 aliphatic rings. The molecule has 2 amide bonds. The largest absolute Gasteiger partial charge is 0.466 e. The van der Waals surface area contributed by atoms with Crippen molar-refractivity contribution in [3.05, 3.63) is 42.0 Å². The summed E-state index contributed by atoms with van der Waals surface area (Å²) in [6.45, 7) is 11.9. The molecule has 184 valence electrons. The Labute approximate surface area is 205 Å². The first kappa shape index (κ1) is 24.8. The number of aryl methyl sites for hydroxylation is 2. The van der Waals surface area contributed by atoms with E-state index >= 15 is 0 Å². The van der Waals surface area contributed by atoms with E-state index in [1.165, 1.54) is 4.90 Å². The minimum atomic E-state index is -0.776. The second-order valence-corrected chi connectivity index (χ2v) is 11.6. The third kappa shape index (κ3) is 3.49. The van der Waals surface area contributed by atoms with Gasteiger partial charge in [0.05, 0.1) is 29.8 Å². The molecule has 34 heavy (non-hydrogen) atoms. The van der Waals surface area contributed by atoms with Crippen molar-refractivity contribution >= 4 is 35.2 Å². The van der Waals surface area contributed by atoms with Crippen LogP contribution in [0.4, 0.5) is 5.69 Å². The Hall–Kier alpha value is -2.32. The molecule has 1 N–H and O–H groups in total. The predicted octanol–water partition coefficient (Wildman–Crippen LogP) is 2.86. The summed E-state index contributed by atoms with van der Waals surface area (Å²) < 4.78 is 4.20. The number of aliphatic hydroxyl groups excluding tert-OH is 1. The number of fused-ring (bicyclic) bond motifs is 1. The Morgan fingerprint density at radius 1 is 1.32 bits per heavy atom. The van der Waals surface area contributed by atoms with Crippen molar-refractivity contribution in [1.82, 2.24) is 4.90 Å². The van der Waals surface area contributed by atoms with E-state index in [0.717, 1.165) is 23.2 Å². The molecule has 5 atom stereocenters. The van der Waals surface area contributed by atoms with E-state index in [0.29, 0.717) is 13.0 Å². The van der Waals surface area contributed by atoms with Crippen LogP contribution in [0, 0.1) is 25.7 Å². The van der Waals surface area contributed by atoms with Gasteiger partial charge in [-0.05, 0) is 51.7 Å². The monoisotopic (exact) mass is 486 g/mol. The molecule has 2 bridgehead atoms. The summed E-state index contributed by atoms with van der Waals surface area (Å²) in [5.41, 5.74) is 2.73. The lowest BCUT2D eigenvalue weighted by molar-refractivity contribution is -0.155. The van der Waals surface area contributed by atoms with E-state index in [9.17, 15) is 19.5 Å². The lowest BCUT2D eigenvalue weighted by Crippen LogP contribution is -2.55. The number of esters is 1. The van der Waals surface area contributed by atoms with Crippen LogP contribution in [0.1, 0.15) is 37.8 Å². The Balaban J connectivity index is 1.83. The SMILES string of the molecule is C=CCN(C(=O)C1N(CCO)C(=O)[C@@H]2[C@H](C(=O)OCC)[C@]3(C)CCC12S3)c1c(C)cccc1C. The van der Waals surface area contributed by atoms with Gasteiger partial charge in [-0.15, -0.1) is 18.3 Å². The number of carbonyl (C=O) groups is 3. The fourth-order valence-electron chi connectivity index (χ4n) is 6.44. The van der Waals surface area contributed by atoms with E-state index < -0.39 is 27.4 Å². The molecule has 7 nitrogen and oxygen atoms in total. The molecule has 0 saturated carbocycles. The van der Waals surface area contributed by atoms with Crippen LogP contribution in [0.3, 0.4) is 0 Å². The second-order valence-electron chi connectivity index (χ2n) is 9.71. The summed E-state index contributed by atoms with van der Waals surface area (Å²) in [6.07, 6.45) is 3.08. The number of para-hydroxylation sites is 1. The highest BCUT2D eigenvalue weighted by Gasteiger charge is 2.77. The molecule has 3 saturated heterocycles. The fraction of sp³-hybridized carbons (Fsp3) is 0.577. The molecular weight excluding hydrogens is 452 g/mol. The summed E-state index contributed by atoms with van der Waals surface area (Å²) in [4.78, 5) is 44.4. The molecular formula is C26H34N2O5S. The first-order valence-electron chi connectivity index (χ1n) is 11.9. The number of carbonyl (C=O) groups excluding carboxylic acids is 3. The molecule has 0 radical (unpaired) electrons. The van der Waals surface area contributed by atoms with Gasteiger partial charge in [0.15, 0.2) is 0 Å². The highest BCUT2D eigenvalue weighted by atomic mass is 32.2. The fourth-order valence-corrected chi connectivity index (χ4v) is 8.78. The number of rotatable bonds is 8. The third-order valence-corrected chi connectivity index (χ3v) is 9.66. The van der Waals surface area contributed by atoms with Gasteiger partial charge in [-0.2, -0.15) is 0 Å². The van der Waals surface area contributed by atoms with Gasteiger partial charge in [0.1, 0.15) is 6.04 Å². The van der Waals surface area contributed by atoms with Gasteiger partial charge in [-0.1, -0.05) is 24.3 Å². The van der Waals surface area contributed by atoms with Crippen LogP contribution in [-0.2, 0) is 19.1 Å². The van der Waals surface area contributed by atoms with Crippen molar-refractivity contribution < 1.29 is 24.2 Å². The van der Waals surface area contributed by atoms with Crippen LogP contribution in [0.2, 0.25) is 0 Å². The first-order chi connectivity index (χ1) is 16.2. The quantitative estimate of drug-likeness (QED) is 0.449. The molecule has 3 fully saturated rings. The Kier molecular flexibility index (Phi) is 6.59. The Bertz CT molecular complexity index is 1010. The number of hydrogen-bond acceptors (Lipinski definition) is 6. The predicted molar refractivity (Wildman–Crippen MR) is 133 cm³/mol. The zero-order chi connectivity index (χ0) is 24.8. The zero-order valence-electron chi connectivity index (χ0n) is 20.4. The van der Waals surface area contributed by atoms with Gasteiger partial charge < -0.3 is 19.6 Å². The van der Waals surface area contributed by atoms with Gasteiger partial charge in [0.25, 0.3) is 5.91 Å². The van der Waals surface area contributed by atoms with Gasteiger partial charge in [0.2, 0.25) is 5.91 Å². The van der Waals surface area contributed by atoms with Gasteiger partial charge in [-0.3, -0.25) is 14.4 Å². The van der Waals surface area contributed by atoms with E-state index in [4.69, 9.17) is 4.74 Å². The van der Waals surface area contributed by atoms with E-state index in [-0.39, 0.29) is 37.5 Å².